The Hall–Kier alpha value is -4.40. The molecule has 2 atom stereocenters. The maximum atomic E-state index is 13.3. The van der Waals surface area contributed by atoms with Crippen molar-refractivity contribution >= 4 is 17.5 Å². The van der Waals surface area contributed by atoms with Gasteiger partial charge in [-0.3, -0.25) is 9.59 Å². The number of carbonyl (C=O) groups is 2. The second-order valence-electron chi connectivity index (χ2n) is 9.89. The predicted molar refractivity (Wildman–Crippen MR) is 147 cm³/mol. The minimum atomic E-state index is -4.54. The average Bonchev–Trinajstić information content (AvgIpc) is 3.51. The lowest BCUT2D eigenvalue weighted by atomic mass is 9.91. The van der Waals surface area contributed by atoms with E-state index in [1.807, 2.05) is 48.0 Å². The van der Waals surface area contributed by atoms with E-state index < -0.39 is 24.5 Å². The number of nitrogens with zero attached hydrogens (tertiary/aromatic N) is 2. The SMILES string of the molecule is CCCC(c1cc(NC(=O)c2ccccc2)c2c(c1)C(C(=O)NCC(F)(F)F)c1ccccc1-2)n1ccnc1C. The van der Waals surface area contributed by atoms with E-state index in [2.05, 4.69) is 22.5 Å². The summed E-state index contributed by atoms with van der Waals surface area (Å²) in [7, 11) is 0. The molecule has 1 aliphatic carbocycles. The van der Waals surface area contributed by atoms with Crippen molar-refractivity contribution in [2.75, 3.05) is 11.9 Å². The van der Waals surface area contributed by atoms with Gasteiger partial charge in [0.05, 0.1) is 12.0 Å². The largest absolute Gasteiger partial charge is 0.405 e. The molecule has 0 fully saturated rings. The maximum absolute atomic E-state index is 13.3. The van der Waals surface area contributed by atoms with Gasteiger partial charge in [0, 0.05) is 29.2 Å². The number of amides is 2. The van der Waals surface area contributed by atoms with Crippen LogP contribution in [0.1, 0.15) is 64.6 Å². The summed E-state index contributed by atoms with van der Waals surface area (Å²) in [6.45, 7) is 2.54. The Kier molecular flexibility index (Phi) is 7.47. The van der Waals surface area contributed by atoms with Crippen LogP contribution in [0.2, 0.25) is 0 Å². The number of benzene rings is 3. The monoisotopic (exact) mass is 546 g/mol. The number of fused-ring (bicyclic) bond motifs is 3. The number of hydrogen-bond donors (Lipinski definition) is 2. The fourth-order valence-corrected chi connectivity index (χ4v) is 5.46. The van der Waals surface area contributed by atoms with E-state index in [-0.39, 0.29) is 11.9 Å². The number of rotatable bonds is 8. The molecule has 0 saturated carbocycles. The predicted octanol–water partition coefficient (Wildman–Crippen LogP) is 6.62. The third kappa shape index (κ3) is 5.36. The van der Waals surface area contributed by atoms with Crippen LogP contribution in [0.3, 0.4) is 0 Å². The zero-order valence-electron chi connectivity index (χ0n) is 22.1. The summed E-state index contributed by atoms with van der Waals surface area (Å²) >= 11 is 0. The Balaban J connectivity index is 1.68. The van der Waals surface area contributed by atoms with Gasteiger partial charge in [0.15, 0.2) is 0 Å². The number of carbonyl (C=O) groups excluding carboxylic acids is 2. The summed E-state index contributed by atoms with van der Waals surface area (Å²) in [6.07, 6.45) is 0.652. The fourth-order valence-electron chi connectivity index (χ4n) is 5.46. The van der Waals surface area contributed by atoms with Crippen molar-refractivity contribution in [3.8, 4) is 11.1 Å². The van der Waals surface area contributed by atoms with Gasteiger partial charge in [0.1, 0.15) is 12.4 Å². The highest BCUT2D eigenvalue weighted by Crippen LogP contribution is 2.50. The van der Waals surface area contributed by atoms with Gasteiger partial charge in [-0.15, -0.1) is 0 Å². The highest BCUT2D eigenvalue weighted by molar-refractivity contribution is 6.08. The van der Waals surface area contributed by atoms with Gasteiger partial charge < -0.3 is 15.2 Å². The van der Waals surface area contributed by atoms with Crippen molar-refractivity contribution < 1.29 is 22.8 Å². The van der Waals surface area contributed by atoms with Gasteiger partial charge in [0.25, 0.3) is 5.91 Å². The molecule has 2 unspecified atom stereocenters. The Morgan fingerprint density at radius 2 is 1.75 bits per heavy atom. The van der Waals surface area contributed by atoms with Crippen molar-refractivity contribution in [3.63, 3.8) is 0 Å². The summed E-state index contributed by atoms with van der Waals surface area (Å²) in [5, 5.41) is 5.11. The van der Waals surface area contributed by atoms with E-state index in [9.17, 15) is 22.8 Å². The number of aromatic nitrogens is 2. The van der Waals surface area contributed by atoms with Crippen LogP contribution in [-0.4, -0.2) is 34.1 Å². The Labute approximate surface area is 230 Å². The topological polar surface area (TPSA) is 76.0 Å². The number of anilines is 1. The third-order valence-electron chi connectivity index (χ3n) is 7.20. The lowest BCUT2D eigenvalue weighted by Gasteiger charge is -2.24. The Morgan fingerprint density at radius 1 is 1.02 bits per heavy atom. The molecule has 2 amide bonds. The summed E-state index contributed by atoms with van der Waals surface area (Å²) < 4.78 is 41.2. The van der Waals surface area contributed by atoms with Crippen molar-refractivity contribution in [1.82, 2.24) is 14.9 Å². The Bertz CT molecular complexity index is 1550. The second-order valence-corrected chi connectivity index (χ2v) is 9.89. The standard InChI is InChI=1S/C31H29F3N4O2/c1-3-9-26(38-15-14-35-19(38)2)21-16-24-27(25(17-21)37-29(39)20-10-5-4-6-11-20)22-12-7-8-13-23(22)28(24)30(40)36-18-31(32,33)34/h4-8,10-17,26,28H,3,9,18H2,1-2H3,(H,36,40)(H,37,39). The molecule has 9 heteroatoms. The summed E-state index contributed by atoms with van der Waals surface area (Å²) in [5.74, 6) is -1.23. The van der Waals surface area contributed by atoms with Gasteiger partial charge >= 0.3 is 6.18 Å². The first-order valence-electron chi connectivity index (χ1n) is 13.2. The van der Waals surface area contributed by atoms with Crippen LogP contribution in [0, 0.1) is 6.92 Å². The molecule has 0 bridgehead atoms. The first kappa shape index (κ1) is 27.2. The summed E-state index contributed by atoms with van der Waals surface area (Å²) in [5.41, 5.74) is 4.27. The molecule has 2 N–H and O–H groups in total. The van der Waals surface area contributed by atoms with Gasteiger partial charge in [-0.25, -0.2) is 4.98 Å². The zero-order chi connectivity index (χ0) is 28.4. The zero-order valence-corrected chi connectivity index (χ0v) is 22.1. The normalized spacial score (nSPS) is 14.8. The molecule has 0 spiro atoms. The molecule has 40 heavy (non-hydrogen) atoms. The molecule has 206 valence electrons. The van der Waals surface area contributed by atoms with E-state index >= 15 is 0 Å². The van der Waals surface area contributed by atoms with E-state index in [1.165, 1.54) is 0 Å². The highest BCUT2D eigenvalue weighted by Gasteiger charge is 2.38. The first-order chi connectivity index (χ1) is 19.2. The molecule has 5 rings (SSSR count). The minimum absolute atomic E-state index is 0.159. The second kappa shape index (κ2) is 11.0. The molecule has 3 aromatic carbocycles. The summed E-state index contributed by atoms with van der Waals surface area (Å²) in [4.78, 5) is 31.0. The first-order valence-corrected chi connectivity index (χ1v) is 13.2. The van der Waals surface area contributed by atoms with Crippen molar-refractivity contribution in [2.24, 2.45) is 0 Å². The molecule has 0 saturated heterocycles. The number of aryl methyl sites for hydroxylation is 1. The lowest BCUT2D eigenvalue weighted by molar-refractivity contribution is -0.138. The number of nitrogens with one attached hydrogen (secondary N) is 2. The molecule has 0 aliphatic heterocycles. The van der Waals surface area contributed by atoms with Gasteiger partial charge in [-0.2, -0.15) is 13.2 Å². The minimum Gasteiger partial charge on any atom is -0.346 e. The van der Waals surface area contributed by atoms with E-state index in [1.54, 1.807) is 42.6 Å². The van der Waals surface area contributed by atoms with Crippen LogP contribution in [0.5, 0.6) is 0 Å². The smallest absolute Gasteiger partial charge is 0.346 e. The van der Waals surface area contributed by atoms with Gasteiger partial charge in [-0.05, 0) is 53.8 Å². The number of imidazole rings is 1. The average molecular weight is 547 g/mol. The van der Waals surface area contributed by atoms with Crippen LogP contribution in [-0.2, 0) is 4.79 Å². The van der Waals surface area contributed by atoms with Crippen molar-refractivity contribution in [1.29, 1.82) is 0 Å². The molecule has 4 aromatic rings. The van der Waals surface area contributed by atoms with Crippen LogP contribution in [0.25, 0.3) is 11.1 Å². The van der Waals surface area contributed by atoms with Crippen molar-refractivity contribution in [2.45, 2.75) is 44.8 Å². The molecular formula is C31H29F3N4O2. The van der Waals surface area contributed by atoms with Crippen LogP contribution >= 0.6 is 0 Å². The molecule has 1 heterocycles. The molecule has 1 aliphatic rings. The fraction of sp³-hybridized carbons (Fsp3) is 0.258. The highest BCUT2D eigenvalue weighted by atomic mass is 19.4. The van der Waals surface area contributed by atoms with E-state index in [4.69, 9.17) is 0 Å². The number of hydrogen-bond acceptors (Lipinski definition) is 3. The van der Waals surface area contributed by atoms with Crippen LogP contribution in [0.4, 0.5) is 18.9 Å². The molecule has 0 radical (unpaired) electrons. The lowest BCUT2D eigenvalue weighted by Crippen LogP contribution is -2.36. The molecular weight excluding hydrogens is 517 g/mol. The number of halogens is 3. The third-order valence-corrected chi connectivity index (χ3v) is 7.20. The van der Waals surface area contributed by atoms with Crippen LogP contribution < -0.4 is 10.6 Å². The quantitative estimate of drug-likeness (QED) is 0.261. The molecule has 6 nitrogen and oxygen atoms in total. The summed E-state index contributed by atoms with van der Waals surface area (Å²) in [6, 6.07) is 19.5. The number of alkyl halides is 3. The van der Waals surface area contributed by atoms with Crippen molar-refractivity contribution in [3.05, 3.63) is 107 Å². The maximum Gasteiger partial charge on any atom is 0.405 e. The van der Waals surface area contributed by atoms with Gasteiger partial charge in [0.2, 0.25) is 5.91 Å². The van der Waals surface area contributed by atoms with Crippen LogP contribution in [0.15, 0.2) is 79.1 Å². The van der Waals surface area contributed by atoms with E-state index in [0.29, 0.717) is 33.5 Å². The van der Waals surface area contributed by atoms with Gasteiger partial charge in [-0.1, -0.05) is 61.9 Å². The molecule has 1 aromatic heterocycles. The Morgan fingerprint density at radius 3 is 2.42 bits per heavy atom. The van der Waals surface area contributed by atoms with E-state index in [0.717, 1.165) is 24.2 Å².